The van der Waals surface area contributed by atoms with Gasteiger partial charge in [-0.2, -0.15) is 0 Å². The normalized spacial score (nSPS) is 14.8. The van der Waals surface area contributed by atoms with Crippen LogP contribution in [0.25, 0.3) is 0 Å². The molecule has 3 nitrogen and oxygen atoms in total. The summed E-state index contributed by atoms with van der Waals surface area (Å²) in [5.74, 6) is 0.601. The molecule has 0 atom stereocenters. The third kappa shape index (κ3) is 3.57. The van der Waals surface area contributed by atoms with Crippen LogP contribution in [-0.4, -0.2) is 25.0 Å². The monoisotopic (exact) mass is 246 g/mol. The molecule has 0 fully saturated rings. The van der Waals surface area contributed by atoms with E-state index in [1.807, 2.05) is 0 Å². The van der Waals surface area contributed by atoms with Gasteiger partial charge in [-0.15, -0.1) is 0 Å². The van der Waals surface area contributed by atoms with Gasteiger partial charge in [0, 0.05) is 12.6 Å². The highest BCUT2D eigenvalue weighted by molar-refractivity contribution is 5.78. The Bertz CT molecular complexity index is 390. The van der Waals surface area contributed by atoms with Crippen molar-refractivity contribution in [1.29, 1.82) is 0 Å². The first kappa shape index (κ1) is 13.1. The summed E-state index contributed by atoms with van der Waals surface area (Å²) in [7, 11) is 0. The van der Waals surface area contributed by atoms with E-state index in [2.05, 4.69) is 48.7 Å². The molecule has 1 aliphatic rings. The zero-order valence-electron chi connectivity index (χ0n) is 11.2. The molecule has 0 bridgehead atoms. The second-order valence-corrected chi connectivity index (χ2v) is 5.45. The van der Waals surface area contributed by atoms with Crippen LogP contribution in [0.2, 0.25) is 0 Å². The molecule has 2 N–H and O–H groups in total. The van der Waals surface area contributed by atoms with Crippen molar-refractivity contribution in [3.05, 3.63) is 35.4 Å². The maximum atomic E-state index is 11.6. The van der Waals surface area contributed by atoms with Crippen molar-refractivity contribution >= 4 is 5.91 Å². The highest BCUT2D eigenvalue weighted by atomic mass is 16.1. The molecule has 1 aliphatic carbocycles. The van der Waals surface area contributed by atoms with Crippen LogP contribution >= 0.6 is 0 Å². The molecule has 0 heterocycles. The van der Waals surface area contributed by atoms with E-state index in [1.165, 1.54) is 11.1 Å². The van der Waals surface area contributed by atoms with Gasteiger partial charge in [-0.3, -0.25) is 4.79 Å². The van der Waals surface area contributed by atoms with Gasteiger partial charge in [0.1, 0.15) is 0 Å². The Morgan fingerprint density at radius 2 is 1.89 bits per heavy atom. The first-order valence-corrected chi connectivity index (χ1v) is 6.72. The van der Waals surface area contributed by atoms with Crippen molar-refractivity contribution in [2.75, 3.05) is 13.1 Å². The topological polar surface area (TPSA) is 41.1 Å². The fraction of sp³-hybridized carbons (Fsp3) is 0.533. The largest absolute Gasteiger partial charge is 0.355 e. The molecular formula is C15H22N2O. The van der Waals surface area contributed by atoms with E-state index in [0.29, 0.717) is 18.5 Å². The molecule has 0 saturated carbocycles. The second kappa shape index (κ2) is 6.01. The second-order valence-electron chi connectivity index (χ2n) is 5.45. The molecule has 0 aromatic heterocycles. The summed E-state index contributed by atoms with van der Waals surface area (Å²) in [6.07, 6.45) is 2.07. The standard InChI is InChI=1S/C15H22N2O/c1-11(2)9-17-15(18)10-16-14-7-12-5-3-4-6-13(12)8-14/h3-6,11,14,16H,7-10H2,1-2H3,(H,17,18). The molecule has 3 heteroatoms. The molecule has 0 saturated heterocycles. The van der Waals surface area contributed by atoms with Crippen LogP contribution in [0.15, 0.2) is 24.3 Å². The number of fused-ring (bicyclic) bond motifs is 1. The highest BCUT2D eigenvalue weighted by Crippen LogP contribution is 2.21. The molecule has 2 rings (SSSR count). The molecule has 0 spiro atoms. The van der Waals surface area contributed by atoms with E-state index in [1.54, 1.807) is 0 Å². The summed E-state index contributed by atoms with van der Waals surface area (Å²) in [6, 6.07) is 8.92. The fourth-order valence-electron chi connectivity index (χ4n) is 2.32. The molecule has 0 radical (unpaired) electrons. The van der Waals surface area contributed by atoms with Crippen LogP contribution < -0.4 is 10.6 Å². The maximum absolute atomic E-state index is 11.6. The van der Waals surface area contributed by atoms with Crippen LogP contribution in [0.1, 0.15) is 25.0 Å². The van der Waals surface area contributed by atoms with Gasteiger partial charge in [-0.25, -0.2) is 0 Å². The summed E-state index contributed by atoms with van der Waals surface area (Å²) >= 11 is 0. The predicted molar refractivity (Wildman–Crippen MR) is 73.5 cm³/mol. The summed E-state index contributed by atoms with van der Waals surface area (Å²) < 4.78 is 0. The van der Waals surface area contributed by atoms with Gasteiger partial charge in [0.05, 0.1) is 6.54 Å². The van der Waals surface area contributed by atoms with Crippen molar-refractivity contribution in [2.45, 2.75) is 32.7 Å². The van der Waals surface area contributed by atoms with E-state index < -0.39 is 0 Å². The first-order valence-electron chi connectivity index (χ1n) is 6.72. The van der Waals surface area contributed by atoms with E-state index in [9.17, 15) is 4.79 Å². The van der Waals surface area contributed by atoms with Gasteiger partial charge in [-0.05, 0) is 29.9 Å². The van der Waals surface area contributed by atoms with Crippen molar-refractivity contribution in [3.63, 3.8) is 0 Å². The quantitative estimate of drug-likeness (QED) is 0.827. The van der Waals surface area contributed by atoms with Crippen molar-refractivity contribution in [1.82, 2.24) is 10.6 Å². The molecule has 18 heavy (non-hydrogen) atoms. The summed E-state index contributed by atoms with van der Waals surface area (Å²) in [5, 5.41) is 6.27. The van der Waals surface area contributed by atoms with Crippen LogP contribution in [-0.2, 0) is 17.6 Å². The minimum Gasteiger partial charge on any atom is -0.355 e. The van der Waals surface area contributed by atoms with Crippen molar-refractivity contribution < 1.29 is 4.79 Å². The molecular weight excluding hydrogens is 224 g/mol. The molecule has 1 amide bonds. The lowest BCUT2D eigenvalue weighted by molar-refractivity contribution is -0.120. The van der Waals surface area contributed by atoms with Gasteiger partial charge in [0.2, 0.25) is 5.91 Å². The van der Waals surface area contributed by atoms with Crippen LogP contribution in [0, 0.1) is 5.92 Å². The van der Waals surface area contributed by atoms with Gasteiger partial charge in [0.25, 0.3) is 0 Å². The predicted octanol–water partition coefficient (Wildman–Crippen LogP) is 1.52. The average molecular weight is 246 g/mol. The smallest absolute Gasteiger partial charge is 0.233 e. The zero-order chi connectivity index (χ0) is 13.0. The summed E-state index contributed by atoms with van der Waals surface area (Å²) in [4.78, 5) is 11.6. The third-order valence-electron chi connectivity index (χ3n) is 3.31. The number of hydrogen-bond donors (Lipinski definition) is 2. The molecule has 1 aromatic rings. The molecule has 1 aromatic carbocycles. The van der Waals surface area contributed by atoms with E-state index in [4.69, 9.17) is 0 Å². The minimum atomic E-state index is 0.0969. The number of hydrogen-bond acceptors (Lipinski definition) is 2. The number of rotatable bonds is 5. The van der Waals surface area contributed by atoms with Crippen LogP contribution in [0.5, 0.6) is 0 Å². The Labute approximate surface area is 109 Å². The Hall–Kier alpha value is -1.35. The number of carbonyl (C=O) groups is 1. The van der Waals surface area contributed by atoms with E-state index in [0.717, 1.165) is 19.4 Å². The number of benzene rings is 1. The lowest BCUT2D eigenvalue weighted by atomic mass is 10.1. The molecule has 98 valence electrons. The zero-order valence-corrected chi connectivity index (χ0v) is 11.2. The van der Waals surface area contributed by atoms with E-state index in [-0.39, 0.29) is 5.91 Å². The minimum absolute atomic E-state index is 0.0969. The van der Waals surface area contributed by atoms with Gasteiger partial charge in [-0.1, -0.05) is 38.1 Å². The number of nitrogens with one attached hydrogen (secondary N) is 2. The highest BCUT2D eigenvalue weighted by Gasteiger charge is 2.20. The number of amides is 1. The maximum Gasteiger partial charge on any atom is 0.233 e. The first-order chi connectivity index (χ1) is 8.65. The SMILES string of the molecule is CC(C)CNC(=O)CNC1Cc2ccccc2C1. The van der Waals surface area contributed by atoms with Gasteiger partial charge < -0.3 is 10.6 Å². The van der Waals surface area contributed by atoms with E-state index >= 15 is 0 Å². The Balaban J connectivity index is 1.72. The Kier molecular flexibility index (Phi) is 4.37. The average Bonchev–Trinajstić information content (AvgIpc) is 2.76. The van der Waals surface area contributed by atoms with Gasteiger partial charge in [0.15, 0.2) is 0 Å². The Morgan fingerprint density at radius 1 is 1.28 bits per heavy atom. The molecule has 0 unspecified atom stereocenters. The van der Waals surface area contributed by atoms with Crippen molar-refractivity contribution in [3.8, 4) is 0 Å². The van der Waals surface area contributed by atoms with Crippen LogP contribution in [0.4, 0.5) is 0 Å². The van der Waals surface area contributed by atoms with Crippen LogP contribution in [0.3, 0.4) is 0 Å². The third-order valence-corrected chi connectivity index (χ3v) is 3.31. The lowest BCUT2D eigenvalue weighted by Crippen LogP contribution is -2.40. The lowest BCUT2D eigenvalue weighted by Gasteiger charge is -2.12. The van der Waals surface area contributed by atoms with Crippen molar-refractivity contribution in [2.24, 2.45) is 5.92 Å². The summed E-state index contributed by atoms with van der Waals surface area (Å²) in [6.45, 7) is 5.37. The van der Waals surface area contributed by atoms with Gasteiger partial charge >= 0.3 is 0 Å². The fourth-order valence-corrected chi connectivity index (χ4v) is 2.32. The number of carbonyl (C=O) groups excluding carboxylic acids is 1. The molecule has 0 aliphatic heterocycles. The summed E-state index contributed by atoms with van der Waals surface area (Å²) in [5.41, 5.74) is 2.83. The Morgan fingerprint density at radius 3 is 2.44 bits per heavy atom.